The minimum atomic E-state index is -1.24. The summed E-state index contributed by atoms with van der Waals surface area (Å²) in [5, 5.41) is 18.3. The summed E-state index contributed by atoms with van der Waals surface area (Å²) in [5.41, 5.74) is 1.40. The second kappa shape index (κ2) is 6.99. The van der Waals surface area contributed by atoms with Gasteiger partial charge in [0.05, 0.1) is 0 Å². The predicted molar refractivity (Wildman–Crippen MR) is 83.8 cm³/mol. The molecule has 2 rings (SSSR count). The lowest BCUT2D eigenvalue weighted by molar-refractivity contribution is -0.118. The summed E-state index contributed by atoms with van der Waals surface area (Å²) in [6.07, 6.45) is -1.24. The standard InChI is InChI=1S/C14H16N4O3S/c1-8(2)10(15-14(20)21)12(19)16-13-11(17-18-22-13)9-6-4-3-5-7-9/h3-8,10,15H,1-2H3,(H,16,19)(H,20,21). The van der Waals surface area contributed by atoms with Crippen molar-refractivity contribution in [1.82, 2.24) is 14.9 Å². The van der Waals surface area contributed by atoms with Crippen LogP contribution in [0.4, 0.5) is 9.80 Å². The molecule has 2 amide bonds. The Morgan fingerprint density at radius 3 is 2.50 bits per heavy atom. The van der Waals surface area contributed by atoms with Crippen LogP contribution in [-0.2, 0) is 4.79 Å². The van der Waals surface area contributed by atoms with E-state index in [1.54, 1.807) is 13.8 Å². The van der Waals surface area contributed by atoms with Gasteiger partial charge in [-0.05, 0) is 5.92 Å². The maximum atomic E-state index is 12.3. The third-order valence-corrected chi connectivity index (χ3v) is 3.64. The summed E-state index contributed by atoms with van der Waals surface area (Å²) in [4.78, 5) is 23.1. The van der Waals surface area contributed by atoms with Crippen LogP contribution in [0.2, 0.25) is 0 Å². The lowest BCUT2D eigenvalue weighted by Crippen LogP contribution is -2.46. The van der Waals surface area contributed by atoms with Crippen molar-refractivity contribution < 1.29 is 14.7 Å². The molecule has 7 nitrogen and oxygen atoms in total. The van der Waals surface area contributed by atoms with Gasteiger partial charge in [-0.2, -0.15) is 0 Å². The Hall–Kier alpha value is -2.48. The Morgan fingerprint density at radius 2 is 1.91 bits per heavy atom. The van der Waals surface area contributed by atoms with E-state index in [0.29, 0.717) is 10.7 Å². The van der Waals surface area contributed by atoms with E-state index in [0.717, 1.165) is 17.1 Å². The first-order chi connectivity index (χ1) is 10.5. The average molecular weight is 320 g/mol. The molecule has 0 saturated carbocycles. The number of carbonyl (C=O) groups excluding carboxylic acids is 1. The Kier molecular flexibility index (Phi) is 5.05. The van der Waals surface area contributed by atoms with Gasteiger partial charge in [0.25, 0.3) is 0 Å². The third kappa shape index (κ3) is 3.79. The summed E-state index contributed by atoms with van der Waals surface area (Å²) in [6, 6.07) is 8.49. The maximum Gasteiger partial charge on any atom is 0.405 e. The van der Waals surface area contributed by atoms with Gasteiger partial charge in [-0.1, -0.05) is 48.7 Å². The molecule has 1 aromatic carbocycles. The van der Waals surface area contributed by atoms with Crippen LogP contribution in [0, 0.1) is 5.92 Å². The number of aromatic nitrogens is 2. The van der Waals surface area contributed by atoms with Gasteiger partial charge in [-0.25, -0.2) is 4.79 Å². The van der Waals surface area contributed by atoms with Crippen LogP contribution in [0.1, 0.15) is 13.8 Å². The summed E-state index contributed by atoms with van der Waals surface area (Å²) in [7, 11) is 0. The number of carbonyl (C=O) groups is 2. The molecule has 0 aliphatic rings. The zero-order valence-electron chi connectivity index (χ0n) is 12.1. The molecular weight excluding hydrogens is 304 g/mol. The largest absolute Gasteiger partial charge is 0.465 e. The predicted octanol–water partition coefficient (Wildman–Crippen LogP) is 2.44. The number of amides is 2. The Balaban J connectivity index is 2.19. The summed E-state index contributed by atoms with van der Waals surface area (Å²) < 4.78 is 3.86. The highest BCUT2D eigenvalue weighted by Gasteiger charge is 2.25. The van der Waals surface area contributed by atoms with Crippen LogP contribution in [0.5, 0.6) is 0 Å². The molecule has 116 valence electrons. The van der Waals surface area contributed by atoms with E-state index in [4.69, 9.17) is 5.11 Å². The zero-order chi connectivity index (χ0) is 16.1. The Labute approximate surface area is 131 Å². The van der Waals surface area contributed by atoms with Crippen LogP contribution >= 0.6 is 11.5 Å². The molecule has 0 aliphatic carbocycles. The normalized spacial score (nSPS) is 12.0. The van der Waals surface area contributed by atoms with E-state index in [-0.39, 0.29) is 5.92 Å². The minimum absolute atomic E-state index is 0.183. The first kappa shape index (κ1) is 15.9. The second-order valence-electron chi connectivity index (χ2n) is 4.98. The van der Waals surface area contributed by atoms with Gasteiger partial charge in [0.1, 0.15) is 16.7 Å². The van der Waals surface area contributed by atoms with Crippen LogP contribution in [0.15, 0.2) is 30.3 Å². The van der Waals surface area contributed by atoms with Crippen molar-refractivity contribution in [2.45, 2.75) is 19.9 Å². The SMILES string of the molecule is CC(C)C(NC(=O)O)C(=O)Nc1snnc1-c1ccccc1. The molecule has 1 unspecified atom stereocenters. The number of nitrogens with one attached hydrogen (secondary N) is 2. The molecule has 0 spiro atoms. The molecule has 0 radical (unpaired) electrons. The van der Waals surface area contributed by atoms with Gasteiger partial charge in [-0.3, -0.25) is 4.79 Å². The molecule has 0 bridgehead atoms. The maximum absolute atomic E-state index is 12.3. The quantitative estimate of drug-likeness (QED) is 0.785. The van der Waals surface area contributed by atoms with Crippen molar-refractivity contribution in [3.8, 4) is 11.3 Å². The topological polar surface area (TPSA) is 104 Å². The fraction of sp³-hybridized carbons (Fsp3) is 0.286. The van der Waals surface area contributed by atoms with Crippen LogP contribution in [0.25, 0.3) is 11.3 Å². The van der Waals surface area contributed by atoms with Crippen molar-refractivity contribution >= 4 is 28.5 Å². The molecular formula is C14H16N4O3S. The van der Waals surface area contributed by atoms with Gasteiger partial charge < -0.3 is 15.7 Å². The monoisotopic (exact) mass is 320 g/mol. The fourth-order valence-electron chi connectivity index (χ4n) is 1.92. The number of nitrogens with zero attached hydrogens (tertiary/aromatic N) is 2. The highest BCUT2D eigenvalue weighted by molar-refractivity contribution is 7.10. The van der Waals surface area contributed by atoms with Crippen LogP contribution in [0.3, 0.4) is 0 Å². The smallest absolute Gasteiger partial charge is 0.405 e. The van der Waals surface area contributed by atoms with E-state index >= 15 is 0 Å². The van der Waals surface area contributed by atoms with Crippen molar-refractivity contribution in [3.05, 3.63) is 30.3 Å². The molecule has 0 fully saturated rings. The fourth-order valence-corrected chi connectivity index (χ4v) is 2.51. The molecule has 1 aromatic heterocycles. The van der Waals surface area contributed by atoms with E-state index < -0.39 is 18.0 Å². The molecule has 1 atom stereocenters. The van der Waals surface area contributed by atoms with Crippen LogP contribution < -0.4 is 10.6 Å². The lowest BCUT2D eigenvalue weighted by Gasteiger charge is -2.19. The highest BCUT2D eigenvalue weighted by Crippen LogP contribution is 2.28. The van der Waals surface area contributed by atoms with E-state index in [1.807, 2.05) is 30.3 Å². The van der Waals surface area contributed by atoms with E-state index in [9.17, 15) is 9.59 Å². The number of hydrogen-bond acceptors (Lipinski definition) is 5. The zero-order valence-corrected chi connectivity index (χ0v) is 12.9. The summed E-state index contributed by atoms with van der Waals surface area (Å²) in [6.45, 7) is 3.53. The number of hydrogen-bond donors (Lipinski definition) is 3. The molecule has 0 saturated heterocycles. The number of anilines is 1. The Bertz CT molecular complexity index is 657. The lowest BCUT2D eigenvalue weighted by atomic mass is 10.0. The third-order valence-electron chi connectivity index (χ3n) is 3.00. The minimum Gasteiger partial charge on any atom is -0.465 e. The number of rotatable bonds is 5. The van der Waals surface area contributed by atoms with Gasteiger partial charge in [0.15, 0.2) is 0 Å². The number of carboxylic acid groups (broad SMARTS) is 1. The van der Waals surface area contributed by atoms with Crippen LogP contribution in [-0.4, -0.2) is 32.7 Å². The molecule has 22 heavy (non-hydrogen) atoms. The van der Waals surface area contributed by atoms with Gasteiger partial charge in [0.2, 0.25) is 5.91 Å². The molecule has 3 N–H and O–H groups in total. The highest BCUT2D eigenvalue weighted by atomic mass is 32.1. The van der Waals surface area contributed by atoms with Gasteiger partial charge in [0, 0.05) is 17.1 Å². The van der Waals surface area contributed by atoms with Crippen molar-refractivity contribution in [2.24, 2.45) is 5.92 Å². The van der Waals surface area contributed by atoms with E-state index in [1.165, 1.54) is 0 Å². The molecule has 1 heterocycles. The molecule has 0 aliphatic heterocycles. The summed E-state index contributed by atoms with van der Waals surface area (Å²) >= 11 is 1.05. The van der Waals surface area contributed by atoms with Crippen molar-refractivity contribution in [3.63, 3.8) is 0 Å². The first-order valence-electron chi connectivity index (χ1n) is 6.67. The average Bonchev–Trinajstić information content (AvgIpc) is 2.93. The first-order valence-corrected chi connectivity index (χ1v) is 7.44. The molecule has 8 heteroatoms. The Morgan fingerprint density at radius 1 is 1.23 bits per heavy atom. The second-order valence-corrected chi connectivity index (χ2v) is 5.73. The number of benzene rings is 1. The van der Waals surface area contributed by atoms with Gasteiger partial charge >= 0.3 is 6.09 Å². The van der Waals surface area contributed by atoms with E-state index in [2.05, 4.69) is 20.2 Å². The van der Waals surface area contributed by atoms with Crippen molar-refractivity contribution in [2.75, 3.05) is 5.32 Å². The van der Waals surface area contributed by atoms with Crippen molar-refractivity contribution in [1.29, 1.82) is 0 Å². The summed E-state index contributed by atoms with van der Waals surface area (Å²) in [5.74, 6) is -0.613. The molecule has 2 aromatic rings. The van der Waals surface area contributed by atoms with Gasteiger partial charge in [-0.15, -0.1) is 5.10 Å².